The van der Waals surface area contributed by atoms with Crippen LogP contribution in [-0.2, 0) is 0 Å². The average Bonchev–Trinajstić information content (AvgIpc) is 2.85. The van der Waals surface area contributed by atoms with E-state index in [1.807, 2.05) is 6.92 Å². The second kappa shape index (κ2) is 4.74. The molecule has 1 aromatic carbocycles. The van der Waals surface area contributed by atoms with E-state index in [9.17, 15) is 9.90 Å². The Labute approximate surface area is 98.4 Å². The van der Waals surface area contributed by atoms with Crippen molar-refractivity contribution in [1.82, 2.24) is 0 Å². The first-order valence-corrected chi connectivity index (χ1v) is 5.24. The Bertz CT molecular complexity index is 514. The average molecular weight is 232 g/mol. The van der Waals surface area contributed by atoms with Crippen molar-refractivity contribution in [2.24, 2.45) is 0 Å². The number of hydrogen-bond acceptors (Lipinski definition) is 4. The van der Waals surface area contributed by atoms with E-state index in [1.54, 1.807) is 18.2 Å². The Morgan fingerprint density at radius 3 is 2.82 bits per heavy atom. The van der Waals surface area contributed by atoms with Gasteiger partial charge in [-0.25, -0.2) is 0 Å². The Morgan fingerprint density at radius 2 is 2.24 bits per heavy atom. The molecule has 1 aromatic heterocycles. The van der Waals surface area contributed by atoms with E-state index >= 15 is 0 Å². The van der Waals surface area contributed by atoms with Crippen LogP contribution in [-0.4, -0.2) is 18.0 Å². The van der Waals surface area contributed by atoms with E-state index in [2.05, 4.69) is 0 Å². The number of aromatic hydroxyl groups is 1. The highest BCUT2D eigenvalue weighted by Crippen LogP contribution is 2.36. The first-order chi connectivity index (χ1) is 8.27. The Balaban J connectivity index is 2.55. The summed E-state index contributed by atoms with van der Waals surface area (Å²) < 4.78 is 10.2. The van der Waals surface area contributed by atoms with E-state index in [-0.39, 0.29) is 11.3 Å². The molecule has 88 valence electrons. The monoisotopic (exact) mass is 232 g/mol. The van der Waals surface area contributed by atoms with Crippen LogP contribution in [0.3, 0.4) is 0 Å². The number of phenols is 1. The van der Waals surface area contributed by atoms with Crippen LogP contribution < -0.4 is 4.74 Å². The van der Waals surface area contributed by atoms with E-state index < -0.39 is 0 Å². The predicted molar refractivity (Wildman–Crippen MR) is 62.4 cm³/mol. The molecule has 1 heterocycles. The van der Waals surface area contributed by atoms with Gasteiger partial charge >= 0.3 is 0 Å². The van der Waals surface area contributed by atoms with Gasteiger partial charge in [-0.3, -0.25) is 4.79 Å². The van der Waals surface area contributed by atoms with Crippen molar-refractivity contribution in [3.8, 4) is 22.6 Å². The third kappa shape index (κ3) is 2.01. The quantitative estimate of drug-likeness (QED) is 0.823. The van der Waals surface area contributed by atoms with Crippen LogP contribution in [0, 0.1) is 0 Å². The van der Waals surface area contributed by atoms with Crippen LogP contribution in [0.15, 0.2) is 35.1 Å². The summed E-state index contributed by atoms with van der Waals surface area (Å²) in [6, 6.07) is 5.08. The zero-order valence-corrected chi connectivity index (χ0v) is 9.34. The van der Waals surface area contributed by atoms with Gasteiger partial charge in [0.1, 0.15) is 0 Å². The Kier molecular flexibility index (Phi) is 3.14. The fraction of sp³-hybridized carbons (Fsp3) is 0.154. The highest BCUT2D eigenvalue weighted by atomic mass is 16.5. The van der Waals surface area contributed by atoms with Gasteiger partial charge in [-0.1, -0.05) is 0 Å². The van der Waals surface area contributed by atoms with Crippen LogP contribution in [0.5, 0.6) is 11.5 Å². The van der Waals surface area contributed by atoms with Crippen LogP contribution in [0.1, 0.15) is 17.3 Å². The van der Waals surface area contributed by atoms with Crippen LogP contribution >= 0.6 is 0 Å². The molecule has 0 radical (unpaired) electrons. The summed E-state index contributed by atoms with van der Waals surface area (Å²) in [4.78, 5) is 11.1. The van der Waals surface area contributed by atoms with Crippen molar-refractivity contribution in [3.05, 3.63) is 36.3 Å². The minimum Gasteiger partial charge on any atom is -0.504 e. The van der Waals surface area contributed by atoms with Gasteiger partial charge in [-0.15, -0.1) is 0 Å². The standard InChI is InChI=1S/C13H12O4/c1-2-17-12-4-3-10(9-5-6-16-8-9)11(7-14)13(12)15/h3-8,15H,2H2,1H3. The first kappa shape index (κ1) is 11.3. The van der Waals surface area contributed by atoms with Gasteiger partial charge in [0.25, 0.3) is 0 Å². The maximum absolute atomic E-state index is 11.1. The molecule has 0 unspecified atom stereocenters. The summed E-state index contributed by atoms with van der Waals surface area (Å²) in [6.45, 7) is 2.24. The lowest BCUT2D eigenvalue weighted by molar-refractivity contribution is 0.112. The van der Waals surface area contributed by atoms with Crippen LogP contribution in [0.2, 0.25) is 0 Å². The van der Waals surface area contributed by atoms with E-state index in [0.29, 0.717) is 24.2 Å². The molecule has 0 spiro atoms. The number of ether oxygens (including phenoxy) is 1. The van der Waals surface area contributed by atoms with Gasteiger partial charge in [0.2, 0.25) is 0 Å². The molecule has 0 aliphatic rings. The van der Waals surface area contributed by atoms with Crippen LogP contribution in [0.4, 0.5) is 0 Å². The number of furan rings is 1. The number of carbonyl (C=O) groups is 1. The molecule has 2 aromatic rings. The normalized spacial score (nSPS) is 10.2. The minimum atomic E-state index is -0.138. The molecular formula is C13H12O4. The Morgan fingerprint density at radius 1 is 1.41 bits per heavy atom. The molecule has 1 N–H and O–H groups in total. The van der Waals surface area contributed by atoms with Gasteiger partial charge in [0, 0.05) is 5.56 Å². The number of carbonyl (C=O) groups excluding carboxylic acids is 1. The first-order valence-electron chi connectivity index (χ1n) is 5.24. The van der Waals surface area contributed by atoms with E-state index in [1.165, 1.54) is 12.5 Å². The SMILES string of the molecule is CCOc1ccc(-c2ccoc2)c(C=O)c1O. The predicted octanol–water partition coefficient (Wildman–Crippen LogP) is 2.86. The third-order valence-corrected chi connectivity index (χ3v) is 2.43. The fourth-order valence-electron chi connectivity index (χ4n) is 1.65. The van der Waals surface area contributed by atoms with E-state index in [4.69, 9.17) is 9.15 Å². The molecule has 4 heteroatoms. The molecule has 0 saturated heterocycles. The van der Waals surface area contributed by atoms with Crippen LogP contribution in [0.25, 0.3) is 11.1 Å². The molecule has 0 fully saturated rings. The van der Waals surface area contributed by atoms with E-state index in [0.717, 1.165) is 5.56 Å². The van der Waals surface area contributed by atoms with Crippen molar-refractivity contribution in [3.63, 3.8) is 0 Å². The molecule has 0 aliphatic carbocycles. The van der Waals surface area contributed by atoms with Crippen molar-refractivity contribution < 1.29 is 19.1 Å². The molecular weight excluding hydrogens is 220 g/mol. The number of rotatable bonds is 4. The Hall–Kier alpha value is -2.23. The number of phenolic OH excluding ortho intramolecular Hbond substituents is 1. The fourth-order valence-corrected chi connectivity index (χ4v) is 1.65. The second-order valence-electron chi connectivity index (χ2n) is 3.44. The second-order valence-corrected chi connectivity index (χ2v) is 3.44. The lowest BCUT2D eigenvalue weighted by Crippen LogP contribution is -1.95. The smallest absolute Gasteiger partial charge is 0.169 e. The highest BCUT2D eigenvalue weighted by Gasteiger charge is 2.14. The van der Waals surface area contributed by atoms with Crippen molar-refractivity contribution >= 4 is 6.29 Å². The van der Waals surface area contributed by atoms with Gasteiger partial charge in [-0.05, 0) is 30.7 Å². The molecule has 0 atom stereocenters. The molecule has 4 nitrogen and oxygen atoms in total. The third-order valence-electron chi connectivity index (χ3n) is 2.43. The van der Waals surface area contributed by atoms with Crippen molar-refractivity contribution in [1.29, 1.82) is 0 Å². The molecule has 17 heavy (non-hydrogen) atoms. The zero-order valence-electron chi connectivity index (χ0n) is 9.34. The molecule has 0 saturated carbocycles. The van der Waals surface area contributed by atoms with Gasteiger partial charge < -0.3 is 14.3 Å². The topological polar surface area (TPSA) is 59.7 Å². The largest absolute Gasteiger partial charge is 0.504 e. The van der Waals surface area contributed by atoms with Crippen molar-refractivity contribution in [2.45, 2.75) is 6.92 Å². The minimum absolute atomic E-state index is 0.138. The lowest BCUT2D eigenvalue weighted by atomic mass is 10.0. The summed E-state index contributed by atoms with van der Waals surface area (Å²) in [7, 11) is 0. The summed E-state index contributed by atoms with van der Waals surface area (Å²) in [5.41, 5.74) is 1.57. The lowest BCUT2D eigenvalue weighted by Gasteiger charge is -2.10. The van der Waals surface area contributed by atoms with Crippen molar-refractivity contribution in [2.75, 3.05) is 6.61 Å². The highest BCUT2D eigenvalue weighted by molar-refractivity contribution is 5.92. The number of benzene rings is 1. The summed E-state index contributed by atoms with van der Waals surface area (Å²) in [5, 5.41) is 9.91. The summed E-state index contributed by atoms with van der Waals surface area (Å²) in [6.07, 6.45) is 3.64. The zero-order chi connectivity index (χ0) is 12.3. The van der Waals surface area contributed by atoms with Gasteiger partial charge in [-0.2, -0.15) is 0 Å². The summed E-state index contributed by atoms with van der Waals surface area (Å²) >= 11 is 0. The number of aldehydes is 1. The molecule has 2 rings (SSSR count). The summed E-state index contributed by atoms with van der Waals surface area (Å²) in [5.74, 6) is 0.169. The maximum Gasteiger partial charge on any atom is 0.169 e. The number of hydrogen-bond donors (Lipinski definition) is 1. The molecule has 0 bridgehead atoms. The molecule has 0 aliphatic heterocycles. The molecule has 0 amide bonds. The van der Waals surface area contributed by atoms with Gasteiger partial charge in [0.15, 0.2) is 17.8 Å². The van der Waals surface area contributed by atoms with Gasteiger partial charge in [0.05, 0.1) is 24.7 Å². The maximum atomic E-state index is 11.1.